The molecule has 0 spiro atoms. The van der Waals surface area contributed by atoms with Crippen LogP contribution in [-0.2, 0) is 6.42 Å². The molecule has 3 nitrogen and oxygen atoms in total. The molecule has 1 atom stereocenters. The smallest absolute Gasteiger partial charge is 0.180 e. The highest BCUT2D eigenvalue weighted by Crippen LogP contribution is 2.35. The number of hydrogen-bond donors (Lipinski definition) is 1. The molecule has 1 aliphatic rings. The lowest BCUT2D eigenvalue weighted by molar-refractivity contribution is 0.0989. The van der Waals surface area contributed by atoms with E-state index in [-0.39, 0.29) is 11.9 Å². The molecule has 0 fully saturated rings. The highest BCUT2D eigenvalue weighted by Gasteiger charge is 2.25. The van der Waals surface area contributed by atoms with Crippen molar-refractivity contribution < 1.29 is 9.53 Å². The number of benzene rings is 1. The molecule has 0 amide bonds. The van der Waals surface area contributed by atoms with E-state index in [1.165, 1.54) is 0 Å². The van der Waals surface area contributed by atoms with Crippen LogP contribution in [0.5, 0.6) is 5.75 Å². The molecule has 16 heavy (non-hydrogen) atoms. The molecule has 1 aliphatic heterocycles. The van der Waals surface area contributed by atoms with E-state index in [9.17, 15) is 4.79 Å². The molecule has 4 heteroatoms. The van der Waals surface area contributed by atoms with E-state index in [1.54, 1.807) is 7.05 Å². The molecular weight excluding hydrogens is 270 g/mol. The van der Waals surface area contributed by atoms with Crippen LogP contribution < -0.4 is 10.1 Å². The van der Waals surface area contributed by atoms with Gasteiger partial charge in [-0.3, -0.25) is 4.79 Å². The third kappa shape index (κ3) is 2.13. The molecule has 0 aromatic heterocycles. The molecule has 1 heterocycles. The quantitative estimate of drug-likeness (QED) is 0.865. The minimum Gasteiger partial charge on any atom is -0.489 e. The summed E-state index contributed by atoms with van der Waals surface area (Å²) >= 11 is 3.43. The van der Waals surface area contributed by atoms with Crippen molar-refractivity contribution in [2.45, 2.75) is 19.4 Å². The maximum absolute atomic E-state index is 11.9. The van der Waals surface area contributed by atoms with Crippen molar-refractivity contribution in [3.63, 3.8) is 0 Å². The minimum atomic E-state index is 0.0640. The number of ether oxygens (including phenoxy) is 1. The summed E-state index contributed by atoms with van der Waals surface area (Å²) in [5.74, 6) is 0.824. The van der Waals surface area contributed by atoms with Gasteiger partial charge in [0.15, 0.2) is 5.78 Å². The van der Waals surface area contributed by atoms with Crippen LogP contribution in [0.25, 0.3) is 0 Å². The van der Waals surface area contributed by atoms with Gasteiger partial charge in [0.1, 0.15) is 11.9 Å². The molecule has 0 saturated heterocycles. The Bertz CT molecular complexity index is 431. The van der Waals surface area contributed by atoms with Crippen LogP contribution in [0, 0.1) is 0 Å². The Labute approximate surface area is 103 Å². The molecular formula is C12H14BrNO2. The predicted molar refractivity (Wildman–Crippen MR) is 66.2 cm³/mol. The van der Waals surface area contributed by atoms with Crippen molar-refractivity contribution in [2.75, 3.05) is 13.6 Å². The summed E-state index contributed by atoms with van der Waals surface area (Å²) < 4.78 is 6.62. The molecule has 0 aliphatic carbocycles. The van der Waals surface area contributed by atoms with Gasteiger partial charge in [0.25, 0.3) is 0 Å². The third-order valence-electron chi connectivity index (χ3n) is 2.59. The van der Waals surface area contributed by atoms with Gasteiger partial charge in [-0.05, 0) is 31.7 Å². The summed E-state index contributed by atoms with van der Waals surface area (Å²) in [7, 11) is 1.76. The molecule has 0 bridgehead atoms. The van der Waals surface area contributed by atoms with E-state index >= 15 is 0 Å². The fourth-order valence-corrected chi connectivity index (χ4v) is 2.46. The van der Waals surface area contributed by atoms with E-state index < -0.39 is 0 Å². The Morgan fingerprint density at radius 3 is 3.06 bits per heavy atom. The van der Waals surface area contributed by atoms with Crippen molar-refractivity contribution in [1.82, 2.24) is 5.32 Å². The van der Waals surface area contributed by atoms with E-state index in [0.29, 0.717) is 12.1 Å². The first-order chi connectivity index (χ1) is 7.61. The van der Waals surface area contributed by atoms with Gasteiger partial charge < -0.3 is 10.1 Å². The first-order valence-corrected chi connectivity index (χ1v) is 6.08. The monoisotopic (exact) mass is 283 g/mol. The number of carbonyl (C=O) groups excluding carboxylic acids is 1. The van der Waals surface area contributed by atoms with Gasteiger partial charge in [0.2, 0.25) is 0 Å². The lowest BCUT2D eigenvalue weighted by Crippen LogP contribution is -2.19. The second-order valence-corrected chi connectivity index (χ2v) is 4.94. The Morgan fingerprint density at radius 2 is 2.38 bits per heavy atom. The standard InChI is InChI=1S/C12H14BrNO2/c1-7-3-8-4-9(13)5-10(12(8)16-7)11(15)6-14-2/h4-5,7,14H,3,6H2,1-2H3. The van der Waals surface area contributed by atoms with Crippen LogP contribution in [0.1, 0.15) is 22.8 Å². The van der Waals surface area contributed by atoms with Crippen molar-refractivity contribution >= 4 is 21.7 Å². The zero-order valence-corrected chi connectivity index (χ0v) is 10.9. The Balaban J connectivity index is 2.42. The van der Waals surface area contributed by atoms with Gasteiger partial charge in [-0.25, -0.2) is 0 Å². The van der Waals surface area contributed by atoms with E-state index in [0.717, 1.165) is 22.2 Å². The van der Waals surface area contributed by atoms with Crippen molar-refractivity contribution in [1.29, 1.82) is 0 Å². The second-order valence-electron chi connectivity index (χ2n) is 4.03. The van der Waals surface area contributed by atoms with E-state index in [4.69, 9.17) is 4.74 Å². The number of likely N-dealkylation sites (N-methyl/N-ethyl adjacent to an activating group) is 1. The number of carbonyl (C=O) groups is 1. The van der Waals surface area contributed by atoms with Gasteiger partial charge in [-0.15, -0.1) is 0 Å². The number of hydrogen-bond acceptors (Lipinski definition) is 3. The maximum atomic E-state index is 11.9. The number of Topliss-reactive ketones (excluding diaryl/α,β-unsaturated/α-hetero) is 1. The Kier molecular flexibility index (Phi) is 3.30. The number of halogens is 1. The van der Waals surface area contributed by atoms with Crippen molar-refractivity contribution in [3.8, 4) is 5.75 Å². The summed E-state index contributed by atoms with van der Waals surface area (Å²) in [6.07, 6.45) is 1.03. The highest BCUT2D eigenvalue weighted by atomic mass is 79.9. The largest absolute Gasteiger partial charge is 0.489 e. The van der Waals surface area contributed by atoms with Crippen LogP contribution >= 0.6 is 15.9 Å². The SMILES string of the molecule is CNCC(=O)c1cc(Br)cc2c1OC(C)C2. The molecule has 1 aromatic carbocycles. The van der Waals surface area contributed by atoms with Crippen LogP contribution in [0.2, 0.25) is 0 Å². The number of ketones is 1. The van der Waals surface area contributed by atoms with Crippen LogP contribution in [0.3, 0.4) is 0 Å². The van der Waals surface area contributed by atoms with Crippen LogP contribution in [-0.4, -0.2) is 25.5 Å². The molecule has 2 rings (SSSR count). The van der Waals surface area contributed by atoms with Crippen LogP contribution in [0.4, 0.5) is 0 Å². The summed E-state index contributed by atoms with van der Waals surface area (Å²) in [5.41, 5.74) is 1.78. The molecule has 1 unspecified atom stereocenters. The Morgan fingerprint density at radius 1 is 1.62 bits per heavy atom. The number of rotatable bonds is 3. The zero-order chi connectivity index (χ0) is 11.7. The summed E-state index contributed by atoms with van der Waals surface area (Å²) in [6.45, 7) is 2.35. The molecule has 1 aromatic rings. The molecule has 1 N–H and O–H groups in total. The predicted octanol–water partition coefficient (Wildman–Crippen LogP) is 2.17. The lowest BCUT2D eigenvalue weighted by Gasteiger charge is -2.09. The third-order valence-corrected chi connectivity index (χ3v) is 3.05. The Hall–Kier alpha value is -0.870. The number of fused-ring (bicyclic) bond motifs is 1. The van der Waals surface area contributed by atoms with E-state index in [2.05, 4.69) is 21.2 Å². The first-order valence-electron chi connectivity index (χ1n) is 5.28. The number of nitrogens with one attached hydrogen (secondary N) is 1. The second kappa shape index (κ2) is 4.55. The van der Waals surface area contributed by atoms with Crippen molar-refractivity contribution in [3.05, 3.63) is 27.7 Å². The zero-order valence-electron chi connectivity index (χ0n) is 9.34. The first kappa shape index (κ1) is 11.6. The van der Waals surface area contributed by atoms with Gasteiger partial charge in [-0.1, -0.05) is 15.9 Å². The topological polar surface area (TPSA) is 38.3 Å². The van der Waals surface area contributed by atoms with Gasteiger partial charge in [-0.2, -0.15) is 0 Å². The lowest BCUT2D eigenvalue weighted by atomic mass is 10.0. The van der Waals surface area contributed by atoms with Gasteiger partial charge in [0, 0.05) is 10.9 Å². The maximum Gasteiger partial charge on any atom is 0.180 e. The summed E-state index contributed by atoms with van der Waals surface area (Å²) in [6, 6.07) is 3.85. The minimum absolute atomic E-state index is 0.0640. The fraction of sp³-hybridized carbons (Fsp3) is 0.417. The molecule has 0 saturated carbocycles. The van der Waals surface area contributed by atoms with E-state index in [1.807, 2.05) is 19.1 Å². The average molecular weight is 284 g/mol. The van der Waals surface area contributed by atoms with Gasteiger partial charge in [0.05, 0.1) is 12.1 Å². The average Bonchev–Trinajstić information content (AvgIpc) is 2.57. The molecule has 86 valence electrons. The highest BCUT2D eigenvalue weighted by molar-refractivity contribution is 9.10. The summed E-state index contributed by atoms with van der Waals surface area (Å²) in [5, 5.41) is 2.87. The molecule has 0 radical (unpaired) electrons. The summed E-state index contributed by atoms with van der Waals surface area (Å²) in [4.78, 5) is 11.9. The fourth-order valence-electron chi connectivity index (χ4n) is 1.96. The van der Waals surface area contributed by atoms with Crippen molar-refractivity contribution in [2.24, 2.45) is 0 Å². The normalized spacial score (nSPS) is 18.1. The van der Waals surface area contributed by atoms with Crippen LogP contribution in [0.15, 0.2) is 16.6 Å². The van der Waals surface area contributed by atoms with Gasteiger partial charge >= 0.3 is 0 Å².